The van der Waals surface area contributed by atoms with Crippen LogP contribution in [0.4, 0.5) is 5.69 Å². The molecule has 1 aromatic carbocycles. The Morgan fingerprint density at radius 3 is 2.65 bits per heavy atom. The van der Waals surface area contributed by atoms with Crippen LogP contribution < -0.4 is 0 Å². The fourth-order valence-corrected chi connectivity index (χ4v) is 1.92. The Kier molecular flexibility index (Phi) is 6.00. The predicted octanol–water partition coefficient (Wildman–Crippen LogP) is 3.02. The molecule has 0 amide bonds. The van der Waals surface area contributed by atoms with Gasteiger partial charge in [0.1, 0.15) is 0 Å². The maximum atomic E-state index is 10.8. The molecule has 0 saturated carbocycles. The van der Waals surface area contributed by atoms with Gasteiger partial charge in [0.2, 0.25) is 0 Å². The second kappa shape index (κ2) is 7.29. The molecule has 0 heterocycles. The molecule has 6 nitrogen and oxygen atoms in total. The van der Waals surface area contributed by atoms with E-state index in [2.05, 4.69) is 0 Å². The fourth-order valence-electron chi connectivity index (χ4n) is 1.18. The summed E-state index contributed by atoms with van der Waals surface area (Å²) in [5, 5.41) is 10.8. The zero-order valence-electron chi connectivity index (χ0n) is 9.66. The molecule has 17 heavy (non-hydrogen) atoms. The molecular weight excluding hydrogens is 245 g/mol. The first-order valence-electron chi connectivity index (χ1n) is 5.01. The van der Waals surface area contributed by atoms with Crippen LogP contribution in [0.5, 0.6) is 0 Å². The molecule has 7 heteroatoms. The van der Waals surface area contributed by atoms with Crippen molar-refractivity contribution in [3.05, 3.63) is 39.9 Å². The van der Waals surface area contributed by atoms with E-state index in [9.17, 15) is 10.1 Å². The van der Waals surface area contributed by atoms with Crippen LogP contribution in [0.1, 0.15) is 12.5 Å². The third-order valence-corrected chi connectivity index (χ3v) is 3.00. The zero-order chi connectivity index (χ0) is 12.7. The minimum atomic E-state index is -1.44. The Balaban J connectivity index is 2.65. The van der Waals surface area contributed by atoms with Gasteiger partial charge in [-0.2, -0.15) is 0 Å². The van der Waals surface area contributed by atoms with Crippen LogP contribution in [0.15, 0.2) is 24.3 Å². The van der Waals surface area contributed by atoms with Crippen molar-refractivity contribution in [1.29, 1.82) is 0 Å². The Hall–Kier alpha value is -1.07. The minimum absolute atomic E-state index is 0.0371. The van der Waals surface area contributed by atoms with Crippen molar-refractivity contribution in [2.75, 3.05) is 13.7 Å². The quantitative estimate of drug-likeness (QED) is 0.427. The molecule has 1 aromatic rings. The van der Waals surface area contributed by atoms with E-state index in [1.165, 1.54) is 13.2 Å². The molecule has 0 saturated heterocycles. The van der Waals surface area contributed by atoms with Gasteiger partial charge in [-0.25, -0.2) is 0 Å². The van der Waals surface area contributed by atoms with Gasteiger partial charge in [0.25, 0.3) is 5.69 Å². The summed E-state index contributed by atoms with van der Waals surface area (Å²) < 4.78 is 15.5. The number of nitro groups is 1. The molecule has 0 bridgehead atoms. The van der Waals surface area contributed by atoms with Crippen LogP contribution in [-0.4, -0.2) is 18.6 Å². The molecular formula is C10H14NO5P. The van der Waals surface area contributed by atoms with E-state index >= 15 is 0 Å². The molecule has 0 aliphatic rings. The summed E-state index contributed by atoms with van der Waals surface area (Å²) in [7, 11) is 0.0365. The van der Waals surface area contributed by atoms with Gasteiger partial charge in [0, 0.05) is 13.2 Å². The highest BCUT2D eigenvalue weighted by Crippen LogP contribution is 2.39. The van der Waals surface area contributed by atoms with Crippen molar-refractivity contribution in [3.63, 3.8) is 0 Å². The summed E-state index contributed by atoms with van der Waals surface area (Å²) in [6, 6.07) is 6.42. The smallest absolute Gasteiger partial charge is 0.316 e. The maximum absolute atomic E-state index is 10.8. The number of hydrogen-bond acceptors (Lipinski definition) is 5. The van der Waals surface area contributed by atoms with E-state index in [4.69, 9.17) is 13.6 Å². The SMILES string of the molecule is CCOP(OC)OCc1ccccc1[N+](=O)[O-]. The van der Waals surface area contributed by atoms with E-state index < -0.39 is 13.5 Å². The summed E-state index contributed by atoms with van der Waals surface area (Å²) in [4.78, 5) is 10.3. The average molecular weight is 259 g/mol. The third kappa shape index (κ3) is 4.36. The second-order valence-corrected chi connectivity index (χ2v) is 4.31. The number of para-hydroxylation sites is 1. The van der Waals surface area contributed by atoms with Crippen molar-refractivity contribution in [3.8, 4) is 0 Å². The van der Waals surface area contributed by atoms with Gasteiger partial charge >= 0.3 is 8.60 Å². The van der Waals surface area contributed by atoms with Gasteiger partial charge < -0.3 is 13.6 Å². The van der Waals surface area contributed by atoms with Crippen LogP contribution in [0.2, 0.25) is 0 Å². The molecule has 0 aliphatic carbocycles. The van der Waals surface area contributed by atoms with Crippen LogP contribution >= 0.6 is 8.60 Å². The molecule has 0 N–H and O–H groups in total. The molecule has 1 unspecified atom stereocenters. The Labute approximate surface area is 101 Å². The number of nitro benzene ring substituents is 1. The number of hydrogen-bond donors (Lipinski definition) is 0. The lowest BCUT2D eigenvalue weighted by Gasteiger charge is -2.13. The summed E-state index contributed by atoms with van der Waals surface area (Å²) in [5.41, 5.74) is 0.539. The highest BCUT2D eigenvalue weighted by molar-refractivity contribution is 7.41. The van der Waals surface area contributed by atoms with E-state index in [-0.39, 0.29) is 12.3 Å². The van der Waals surface area contributed by atoms with Gasteiger partial charge in [-0.05, 0) is 13.0 Å². The number of nitrogens with zero attached hydrogens (tertiary/aromatic N) is 1. The Morgan fingerprint density at radius 1 is 1.35 bits per heavy atom. The molecule has 0 aromatic heterocycles. The Bertz CT molecular complexity index is 373. The average Bonchev–Trinajstić information content (AvgIpc) is 2.34. The van der Waals surface area contributed by atoms with Crippen LogP contribution in [0.25, 0.3) is 0 Å². The minimum Gasteiger partial charge on any atom is -0.316 e. The van der Waals surface area contributed by atoms with Crippen molar-refractivity contribution >= 4 is 14.3 Å². The summed E-state index contributed by atoms with van der Waals surface area (Å²) in [6.45, 7) is 2.38. The summed E-state index contributed by atoms with van der Waals surface area (Å²) in [5.74, 6) is 0. The first-order chi connectivity index (χ1) is 8.19. The van der Waals surface area contributed by atoms with Crippen molar-refractivity contribution in [2.24, 2.45) is 0 Å². The van der Waals surface area contributed by atoms with Crippen molar-refractivity contribution < 1.29 is 18.5 Å². The Morgan fingerprint density at radius 2 is 2.06 bits per heavy atom. The molecule has 0 fully saturated rings. The normalized spacial score (nSPS) is 12.4. The highest BCUT2D eigenvalue weighted by Gasteiger charge is 2.15. The van der Waals surface area contributed by atoms with Crippen LogP contribution in [-0.2, 0) is 20.2 Å². The topological polar surface area (TPSA) is 70.8 Å². The van der Waals surface area contributed by atoms with Gasteiger partial charge in [0.15, 0.2) is 0 Å². The number of benzene rings is 1. The molecule has 1 rings (SSSR count). The van der Waals surface area contributed by atoms with Gasteiger partial charge in [-0.1, -0.05) is 12.1 Å². The molecule has 1 atom stereocenters. The highest BCUT2D eigenvalue weighted by atomic mass is 31.2. The first kappa shape index (κ1) is 14.0. The number of rotatable bonds is 7. The van der Waals surface area contributed by atoms with E-state index in [0.717, 1.165) is 0 Å². The fraction of sp³-hybridized carbons (Fsp3) is 0.400. The molecule has 0 radical (unpaired) electrons. The lowest BCUT2D eigenvalue weighted by molar-refractivity contribution is -0.385. The van der Waals surface area contributed by atoms with E-state index in [1.54, 1.807) is 18.2 Å². The lowest BCUT2D eigenvalue weighted by Crippen LogP contribution is -1.98. The largest absolute Gasteiger partial charge is 0.332 e. The lowest BCUT2D eigenvalue weighted by atomic mass is 10.2. The summed E-state index contributed by atoms with van der Waals surface area (Å²) >= 11 is 0. The van der Waals surface area contributed by atoms with E-state index in [1.807, 2.05) is 6.92 Å². The predicted molar refractivity (Wildman–Crippen MR) is 63.4 cm³/mol. The standard InChI is InChI=1S/C10H14NO5P/c1-3-15-17(14-2)16-8-9-6-4-5-7-10(9)11(12)13/h4-7H,3,8H2,1-2H3. The van der Waals surface area contributed by atoms with E-state index in [0.29, 0.717) is 12.2 Å². The van der Waals surface area contributed by atoms with Crippen molar-refractivity contribution in [1.82, 2.24) is 0 Å². The third-order valence-electron chi connectivity index (χ3n) is 1.90. The monoisotopic (exact) mass is 259 g/mol. The van der Waals surface area contributed by atoms with Crippen molar-refractivity contribution in [2.45, 2.75) is 13.5 Å². The van der Waals surface area contributed by atoms with Crippen LogP contribution in [0.3, 0.4) is 0 Å². The van der Waals surface area contributed by atoms with Gasteiger partial charge in [-0.3, -0.25) is 10.1 Å². The van der Waals surface area contributed by atoms with Gasteiger partial charge in [0.05, 0.1) is 23.7 Å². The molecule has 94 valence electrons. The van der Waals surface area contributed by atoms with Gasteiger partial charge in [-0.15, -0.1) is 0 Å². The maximum Gasteiger partial charge on any atom is 0.332 e. The summed E-state index contributed by atoms with van der Waals surface area (Å²) in [6.07, 6.45) is 0. The zero-order valence-corrected chi connectivity index (χ0v) is 10.6. The van der Waals surface area contributed by atoms with Crippen LogP contribution in [0, 0.1) is 10.1 Å². The second-order valence-electron chi connectivity index (χ2n) is 2.98. The molecule has 0 aliphatic heterocycles. The first-order valence-corrected chi connectivity index (χ1v) is 6.11. The molecule has 0 spiro atoms.